The first kappa shape index (κ1) is 17.4. The largest absolute Gasteiger partial charge is 0.415 e. The molecule has 0 radical (unpaired) electrons. The molecule has 2 aromatic rings. The number of β-amino-alcohol motifs (C(OH)–C–C–N with tert-alkyl or cyclic N) is 1. The van der Waals surface area contributed by atoms with Gasteiger partial charge in [-0.3, -0.25) is 9.88 Å². The number of carbonyl (C=O) groups is 1. The van der Waals surface area contributed by atoms with Crippen molar-refractivity contribution in [1.29, 1.82) is 0 Å². The summed E-state index contributed by atoms with van der Waals surface area (Å²) < 4.78 is 5.40. The molecule has 6 heteroatoms. The molecule has 132 valence electrons. The van der Waals surface area contributed by atoms with Crippen LogP contribution in [0.25, 0.3) is 0 Å². The van der Waals surface area contributed by atoms with E-state index in [1.165, 1.54) is 0 Å². The number of nitrogens with zero attached hydrogens (tertiary/aromatic N) is 3. The summed E-state index contributed by atoms with van der Waals surface area (Å²) in [6.45, 7) is 3.29. The van der Waals surface area contributed by atoms with Gasteiger partial charge in [-0.15, -0.1) is 0 Å². The van der Waals surface area contributed by atoms with Gasteiger partial charge in [0.1, 0.15) is 11.9 Å². The Hall–Kier alpha value is -2.44. The SMILES string of the molecule is O=C(Oc1ccccc1)N1CCCN(CC(O)c2ccccn2)CC1. The summed E-state index contributed by atoms with van der Waals surface area (Å²) in [5.41, 5.74) is 0.673. The number of aliphatic hydroxyl groups is 1. The normalized spacial score (nSPS) is 16.9. The summed E-state index contributed by atoms with van der Waals surface area (Å²) in [5.74, 6) is 0.555. The predicted molar refractivity (Wildman–Crippen MR) is 94.3 cm³/mol. The average Bonchev–Trinajstić information content (AvgIpc) is 2.89. The number of aliphatic hydroxyl groups excluding tert-OH is 1. The van der Waals surface area contributed by atoms with Crippen molar-refractivity contribution in [3.63, 3.8) is 0 Å². The molecule has 25 heavy (non-hydrogen) atoms. The van der Waals surface area contributed by atoms with Crippen molar-refractivity contribution in [3.8, 4) is 5.75 Å². The molecule has 1 N–H and O–H groups in total. The second-order valence-corrected chi connectivity index (χ2v) is 6.09. The lowest BCUT2D eigenvalue weighted by Gasteiger charge is -2.23. The van der Waals surface area contributed by atoms with Crippen molar-refractivity contribution in [2.24, 2.45) is 0 Å². The van der Waals surface area contributed by atoms with Crippen LogP contribution in [0.1, 0.15) is 18.2 Å². The molecular formula is C19H23N3O3. The molecule has 2 heterocycles. The number of rotatable bonds is 4. The zero-order valence-corrected chi connectivity index (χ0v) is 14.1. The molecular weight excluding hydrogens is 318 g/mol. The van der Waals surface area contributed by atoms with E-state index in [1.54, 1.807) is 23.2 Å². The monoisotopic (exact) mass is 341 g/mol. The second kappa shape index (κ2) is 8.60. The highest BCUT2D eigenvalue weighted by molar-refractivity contribution is 5.70. The lowest BCUT2D eigenvalue weighted by molar-refractivity contribution is 0.110. The van der Waals surface area contributed by atoms with Crippen LogP contribution in [0.4, 0.5) is 4.79 Å². The van der Waals surface area contributed by atoms with Gasteiger partial charge in [0.2, 0.25) is 0 Å². The minimum Gasteiger partial charge on any atom is -0.410 e. The molecule has 3 rings (SSSR count). The van der Waals surface area contributed by atoms with E-state index in [0.29, 0.717) is 37.6 Å². The molecule has 1 saturated heterocycles. The summed E-state index contributed by atoms with van der Waals surface area (Å²) in [6.07, 6.45) is 1.59. The number of hydrogen-bond acceptors (Lipinski definition) is 5. The highest BCUT2D eigenvalue weighted by atomic mass is 16.6. The first-order valence-corrected chi connectivity index (χ1v) is 8.55. The van der Waals surface area contributed by atoms with Gasteiger partial charge in [0.25, 0.3) is 0 Å². The van der Waals surface area contributed by atoms with E-state index in [2.05, 4.69) is 9.88 Å². The third kappa shape index (κ3) is 5.01. The van der Waals surface area contributed by atoms with E-state index in [-0.39, 0.29) is 6.09 Å². The summed E-state index contributed by atoms with van der Waals surface area (Å²) in [4.78, 5) is 20.4. The Balaban J connectivity index is 1.51. The predicted octanol–water partition coefficient (Wildman–Crippen LogP) is 2.32. The first-order valence-electron chi connectivity index (χ1n) is 8.55. The number of amides is 1. The third-order valence-corrected chi connectivity index (χ3v) is 4.26. The van der Waals surface area contributed by atoms with Gasteiger partial charge in [-0.25, -0.2) is 4.79 Å². The van der Waals surface area contributed by atoms with Gasteiger partial charge in [-0.05, 0) is 30.7 Å². The van der Waals surface area contributed by atoms with Crippen LogP contribution >= 0.6 is 0 Å². The van der Waals surface area contributed by atoms with Crippen LogP contribution in [0.3, 0.4) is 0 Å². The molecule has 1 aliphatic heterocycles. The van der Waals surface area contributed by atoms with E-state index in [1.807, 2.05) is 36.4 Å². The molecule has 1 fully saturated rings. The molecule has 1 atom stereocenters. The molecule has 0 spiro atoms. The summed E-state index contributed by atoms with van der Waals surface area (Å²) in [5, 5.41) is 10.3. The first-order chi connectivity index (χ1) is 12.2. The maximum atomic E-state index is 12.3. The molecule has 1 aromatic heterocycles. The standard InChI is InChI=1S/C19H23N3O3/c23-18(17-9-4-5-10-20-17)15-21-11-6-12-22(14-13-21)19(24)25-16-7-2-1-3-8-16/h1-5,7-10,18,23H,6,11-15H2. The Kier molecular flexibility index (Phi) is 5.98. The fraction of sp³-hybridized carbons (Fsp3) is 0.368. The molecule has 6 nitrogen and oxygen atoms in total. The Morgan fingerprint density at radius 3 is 2.64 bits per heavy atom. The number of pyridine rings is 1. The fourth-order valence-corrected chi connectivity index (χ4v) is 2.90. The molecule has 0 aliphatic carbocycles. The highest BCUT2D eigenvalue weighted by Gasteiger charge is 2.22. The van der Waals surface area contributed by atoms with Gasteiger partial charge in [-0.1, -0.05) is 24.3 Å². The van der Waals surface area contributed by atoms with Gasteiger partial charge in [0.05, 0.1) is 5.69 Å². The number of benzene rings is 1. The Morgan fingerprint density at radius 1 is 1.08 bits per heavy atom. The van der Waals surface area contributed by atoms with E-state index in [4.69, 9.17) is 4.74 Å². The molecule has 1 aliphatic rings. The van der Waals surface area contributed by atoms with Gasteiger partial charge in [0, 0.05) is 38.9 Å². The zero-order chi connectivity index (χ0) is 17.5. The summed E-state index contributed by atoms with van der Waals surface area (Å²) in [6, 6.07) is 14.6. The maximum absolute atomic E-state index is 12.3. The lowest BCUT2D eigenvalue weighted by Crippen LogP contribution is -2.37. The molecule has 0 saturated carbocycles. The second-order valence-electron chi connectivity index (χ2n) is 6.09. The molecule has 1 unspecified atom stereocenters. The highest BCUT2D eigenvalue weighted by Crippen LogP contribution is 2.15. The Morgan fingerprint density at radius 2 is 1.88 bits per heavy atom. The number of para-hydroxylation sites is 1. The van der Waals surface area contributed by atoms with E-state index < -0.39 is 6.10 Å². The van der Waals surface area contributed by atoms with Crippen LogP contribution in [-0.2, 0) is 0 Å². The minimum absolute atomic E-state index is 0.321. The van der Waals surface area contributed by atoms with Gasteiger partial charge in [0.15, 0.2) is 0 Å². The smallest absolute Gasteiger partial charge is 0.410 e. The van der Waals surface area contributed by atoms with Gasteiger partial charge < -0.3 is 14.7 Å². The van der Waals surface area contributed by atoms with Crippen molar-refractivity contribution in [2.45, 2.75) is 12.5 Å². The summed E-state index contributed by atoms with van der Waals surface area (Å²) >= 11 is 0. The Bertz CT molecular complexity index is 666. The fourth-order valence-electron chi connectivity index (χ4n) is 2.90. The van der Waals surface area contributed by atoms with Gasteiger partial charge in [-0.2, -0.15) is 0 Å². The molecule has 1 amide bonds. The van der Waals surface area contributed by atoms with Crippen LogP contribution in [-0.4, -0.2) is 58.7 Å². The topological polar surface area (TPSA) is 65.9 Å². The van der Waals surface area contributed by atoms with Crippen LogP contribution in [0, 0.1) is 0 Å². The maximum Gasteiger partial charge on any atom is 0.415 e. The van der Waals surface area contributed by atoms with Crippen molar-refractivity contribution < 1.29 is 14.6 Å². The van der Waals surface area contributed by atoms with Crippen molar-refractivity contribution in [2.75, 3.05) is 32.7 Å². The van der Waals surface area contributed by atoms with E-state index in [0.717, 1.165) is 13.0 Å². The Labute approximate surface area is 147 Å². The van der Waals surface area contributed by atoms with Crippen molar-refractivity contribution in [3.05, 3.63) is 60.4 Å². The van der Waals surface area contributed by atoms with Crippen LogP contribution in [0.5, 0.6) is 5.75 Å². The van der Waals surface area contributed by atoms with E-state index >= 15 is 0 Å². The number of aromatic nitrogens is 1. The van der Waals surface area contributed by atoms with Crippen molar-refractivity contribution in [1.82, 2.24) is 14.8 Å². The van der Waals surface area contributed by atoms with E-state index in [9.17, 15) is 9.90 Å². The number of ether oxygens (including phenoxy) is 1. The molecule has 0 bridgehead atoms. The third-order valence-electron chi connectivity index (χ3n) is 4.26. The van der Waals surface area contributed by atoms with Crippen LogP contribution in [0.2, 0.25) is 0 Å². The lowest BCUT2D eigenvalue weighted by atomic mass is 10.2. The quantitative estimate of drug-likeness (QED) is 0.924. The average molecular weight is 341 g/mol. The van der Waals surface area contributed by atoms with Crippen LogP contribution < -0.4 is 4.74 Å². The number of carbonyl (C=O) groups excluding carboxylic acids is 1. The van der Waals surface area contributed by atoms with Crippen LogP contribution in [0.15, 0.2) is 54.7 Å². The van der Waals surface area contributed by atoms with Gasteiger partial charge >= 0.3 is 6.09 Å². The summed E-state index contributed by atoms with van der Waals surface area (Å²) in [7, 11) is 0. The number of hydrogen-bond donors (Lipinski definition) is 1. The zero-order valence-electron chi connectivity index (χ0n) is 14.1. The minimum atomic E-state index is -0.621. The molecule has 1 aromatic carbocycles. The van der Waals surface area contributed by atoms with Crippen molar-refractivity contribution >= 4 is 6.09 Å².